The van der Waals surface area contributed by atoms with Gasteiger partial charge in [0.15, 0.2) is 5.78 Å². The van der Waals surface area contributed by atoms with Gasteiger partial charge in [-0.2, -0.15) is 0 Å². The standard InChI is InChI=1S/C20H34N2O7/c1-14(2)17(22-20(26)29-12-11-28-10-9-27-3)16(23)13-15-7-5-4-6-8-21-19(25)18(15)24/h14-15,17H,4-13H2,1-3H3,(H,21,25)(H,22,26). The second kappa shape index (κ2) is 14.1. The quantitative estimate of drug-likeness (QED) is 0.385. The van der Waals surface area contributed by atoms with E-state index in [2.05, 4.69) is 10.6 Å². The van der Waals surface area contributed by atoms with E-state index in [0.717, 1.165) is 19.3 Å². The zero-order chi connectivity index (χ0) is 21.6. The van der Waals surface area contributed by atoms with E-state index >= 15 is 0 Å². The van der Waals surface area contributed by atoms with E-state index in [-0.39, 0.29) is 31.3 Å². The van der Waals surface area contributed by atoms with Crippen LogP contribution in [0.2, 0.25) is 0 Å². The van der Waals surface area contributed by atoms with Crippen LogP contribution < -0.4 is 10.6 Å². The molecule has 0 bridgehead atoms. The Hall–Kier alpha value is -2.00. The average Bonchev–Trinajstić information content (AvgIpc) is 2.75. The van der Waals surface area contributed by atoms with Crippen LogP contribution in [0.25, 0.3) is 0 Å². The molecule has 2 unspecified atom stereocenters. The molecular weight excluding hydrogens is 380 g/mol. The summed E-state index contributed by atoms with van der Waals surface area (Å²) < 4.78 is 15.1. The minimum absolute atomic E-state index is 0.0514. The first-order chi connectivity index (χ1) is 13.9. The zero-order valence-corrected chi connectivity index (χ0v) is 17.7. The molecule has 1 fully saturated rings. The number of methoxy groups -OCH3 is 1. The molecular formula is C20H34N2O7. The summed E-state index contributed by atoms with van der Waals surface area (Å²) in [6.45, 7) is 5.20. The van der Waals surface area contributed by atoms with Gasteiger partial charge in [-0.1, -0.05) is 26.7 Å². The van der Waals surface area contributed by atoms with Gasteiger partial charge < -0.3 is 24.8 Å². The van der Waals surface area contributed by atoms with Crippen LogP contribution in [0.1, 0.15) is 46.0 Å². The Labute approximate surface area is 172 Å². The number of ketones is 2. The van der Waals surface area contributed by atoms with Gasteiger partial charge in [-0.05, 0) is 18.8 Å². The summed E-state index contributed by atoms with van der Waals surface area (Å²) in [4.78, 5) is 49.1. The number of carbonyl (C=O) groups is 4. The zero-order valence-electron chi connectivity index (χ0n) is 17.7. The van der Waals surface area contributed by atoms with Crippen LogP contribution in [0.3, 0.4) is 0 Å². The summed E-state index contributed by atoms with van der Waals surface area (Å²) in [5, 5.41) is 5.17. The molecule has 2 N–H and O–H groups in total. The molecule has 0 radical (unpaired) electrons. The van der Waals surface area contributed by atoms with Crippen molar-refractivity contribution < 1.29 is 33.4 Å². The van der Waals surface area contributed by atoms with Crippen molar-refractivity contribution in [3.63, 3.8) is 0 Å². The van der Waals surface area contributed by atoms with E-state index in [1.165, 1.54) is 0 Å². The van der Waals surface area contributed by atoms with Crippen LogP contribution >= 0.6 is 0 Å². The molecule has 166 valence electrons. The number of alkyl carbamates (subject to hydrolysis) is 1. The van der Waals surface area contributed by atoms with Crippen molar-refractivity contribution in [2.24, 2.45) is 11.8 Å². The summed E-state index contributed by atoms with van der Waals surface area (Å²) in [5.74, 6) is -2.31. The SMILES string of the molecule is COCCOCCOC(=O)NC(C(=O)CC1CCCCCNC(=O)C1=O)C(C)C. The summed E-state index contributed by atoms with van der Waals surface area (Å²) in [7, 11) is 1.56. The fourth-order valence-electron chi connectivity index (χ4n) is 3.09. The molecule has 0 spiro atoms. The number of Topliss-reactive ketones (excluding diaryl/α,β-unsaturated/α-hetero) is 2. The third-order valence-electron chi connectivity index (χ3n) is 4.74. The maximum atomic E-state index is 12.8. The predicted molar refractivity (Wildman–Crippen MR) is 105 cm³/mol. The lowest BCUT2D eigenvalue weighted by atomic mass is 9.87. The van der Waals surface area contributed by atoms with Crippen LogP contribution in [-0.4, -0.2) is 69.7 Å². The topological polar surface area (TPSA) is 120 Å². The second-order valence-electron chi connectivity index (χ2n) is 7.44. The molecule has 9 heteroatoms. The molecule has 1 aliphatic rings. The van der Waals surface area contributed by atoms with Gasteiger partial charge in [0.2, 0.25) is 5.78 Å². The van der Waals surface area contributed by atoms with E-state index in [1.807, 2.05) is 0 Å². The van der Waals surface area contributed by atoms with Gasteiger partial charge in [0.1, 0.15) is 6.61 Å². The summed E-state index contributed by atoms with van der Waals surface area (Å²) in [6, 6.07) is -0.791. The largest absolute Gasteiger partial charge is 0.447 e. The third-order valence-corrected chi connectivity index (χ3v) is 4.74. The van der Waals surface area contributed by atoms with Crippen molar-refractivity contribution in [3.8, 4) is 0 Å². The van der Waals surface area contributed by atoms with Crippen LogP contribution in [0.15, 0.2) is 0 Å². The predicted octanol–water partition coefficient (Wildman–Crippen LogP) is 1.23. The number of amides is 2. The van der Waals surface area contributed by atoms with Gasteiger partial charge in [0, 0.05) is 26.0 Å². The normalized spacial score (nSPS) is 19.0. The van der Waals surface area contributed by atoms with Crippen LogP contribution in [0.5, 0.6) is 0 Å². The number of nitrogens with one attached hydrogen (secondary N) is 2. The Bertz CT molecular complexity index is 551. The van der Waals surface area contributed by atoms with E-state index in [9.17, 15) is 19.2 Å². The first-order valence-electron chi connectivity index (χ1n) is 10.2. The molecule has 1 rings (SSSR count). The maximum Gasteiger partial charge on any atom is 0.407 e. The second-order valence-corrected chi connectivity index (χ2v) is 7.44. The molecule has 1 saturated heterocycles. The first-order valence-corrected chi connectivity index (χ1v) is 10.2. The molecule has 29 heavy (non-hydrogen) atoms. The molecule has 2 atom stereocenters. The highest BCUT2D eigenvalue weighted by Gasteiger charge is 2.32. The van der Waals surface area contributed by atoms with Gasteiger partial charge in [-0.15, -0.1) is 0 Å². The molecule has 2 amide bonds. The monoisotopic (exact) mass is 414 g/mol. The summed E-state index contributed by atoms with van der Waals surface area (Å²) >= 11 is 0. The highest BCUT2D eigenvalue weighted by molar-refractivity contribution is 6.37. The van der Waals surface area contributed by atoms with Crippen LogP contribution in [0.4, 0.5) is 4.79 Å². The highest BCUT2D eigenvalue weighted by Crippen LogP contribution is 2.19. The van der Waals surface area contributed by atoms with E-state index in [1.54, 1.807) is 21.0 Å². The Morgan fingerprint density at radius 1 is 1.10 bits per heavy atom. The van der Waals surface area contributed by atoms with E-state index < -0.39 is 29.7 Å². The molecule has 9 nitrogen and oxygen atoms in total. The van der Waals surface area contributed by atoms with Crippen molar-refractivity contribution >= 4 is 23.6 Å². The number of ether oxygens (including phenoxy) is 3. The molecule has 1 aliphatic heterocycles. The van der Waals surface area contributed by atoms with Gasteiger partial charge in [0.25, 0.3) is 5.91 Å². The molecule has 0 saturated carbocycles. The van der Waals surface area contributed by atoms with Crippen LogP contribution in [-0.2, 0) is 28.6 Å². The van der Waals surface area contributed by atoms with Gasteiger partial charge in [-0.3, -0.25) is 14.4 Å². The number of hydrogen-bond donors (Lipinski definition) is 2. The lowest BCUT2D eigenvalue weighted by molar-refractivity contribution is -0.141. The summed E-state index contributed by atoms with van der Waals surface area (Å²) in [5.41, 5.74) is 0. The minimum Gasteiger partial charge on any atom is -0.447 e. The van der Waals surface area contributed by atoms with Crippen molar-refractivity contribution in [1.82, 2.24) is 10.6 Å². The first kappa shape index (κ1) is 25.0. The third kappa shape index (κ3) is 9.85. The fraction of sp³-hybridized carbons (Fsp3) is 0.800. The van der Waals surface area contributed by atoms with Crippen LogP contribution in [0, 0.1) is 11.8 Å². The van der Waals surface area contributed by atoms with E-state index in [0.29, 0.717) is 26.2 Å². The lowest BCUT2D eigenvalue weighted by Crippen LogP contribution is -2.46. The molecule has 1 heterocycles. The average molecular weight is 414 g/mol. The van der Waals surface area contributed by atoms with E-state index in [4.69, 9.17) is 14.2 Å². The Morgan fingerprint density at radius 2 is 1.83 bits per heavy atom. The Balaban J connectivity index is 2.56. The Kier molecular flexibility index (Phi) is 12.1. The van der Waals surface area contributed by atoms with Gasteiger partial charge in [-0.25, -0.2) is 4.79 Å². The molecule has 0 aliphatic carbocycles. The van der Waals surface area contributed by atoms with Gasteiger partial charge >= 0.3 is 6.09 Å². The van der Waals surface area contributed by atoms with Crippen molar-refractivity contribution in [2.45, 2.75) is 52.0 Å². The number of carbonyl (C=O) groups excluding carboxylic acids is 4. The lowest BCUT2D eigenvalue weighted by Gasteiger charge is -2.23. The smallest absolute Gasteiger partial charge is 0.407 e. The van der Waals surface area contributed by atoms with Crippen molar-refractivity contribution in [1.29, 1.82) is 0 Å². The minimum atomic E-state index is -0.791. The number of rotatable bonds is 11. The highest BCUT2D eigenvalue weighted by atomic mass is 16.6. The van der Waals surface area contributed by atoms with Crippen molar-refractivity contribution in [2.75, 3.05) is 40.1 Å². The molecule has 0 aromatic rings. The number of hydrogen-bond acceptors (Lipinski definition) is 7. The molecule has 0 aromatic heterocycles. The summed E-state index contributed by atoms with van der Waals surface area (Å²) in [6.07, 6.45) is 2.19. The fourth-order valence-corrected chi connectivity index (χ4v) is 3.09. The van der Waals surface area contributed by atoms with Gasteiger partial charge in [0.05, 0.1) is 25.9 Å². The Morgan fingerprint density at radius 3 is 2.52 bits per heavy atom. The van der Waals surface area contributed by atoms with Crippen molar-refractivity contribution in [3.05, 3.63) is 0 Å². The maximum absolute atomic E-state index is 12.8. The molecule has 0 aromatic carbocycles.